The first kappa shape index (κ1) is 13.9. The minimum absolute atomic E-state index is 0.0632. The molecule has 0 spiro atoms. The van der Waals surface area contributed by atoms with E-state index in [4.69, 9.17) is 10.00 Å². The van der Waals surface area contributed by atoms with Crippen LogP contribution in [0.25, 0.3) is 0 Å². The monoisotopic (exact) mass is 286 g/mol. The molecule has 0 heterocycles. The molecule has 2 aromatic rings. The third kappa shape index (κ3) is 2.90. The summed E-state index contributed by atoms with van der Waals surface area (Å²) in [5.74, 6) is 0.751. The van der Waals surface area contributed by atoms with Gasteiger partial charge in [0, 0.05) is 12.1 Å². The molecular formula is C14H10N2O3S. The third-order valence-corrected chi connectivity index (χ3v) is 2.98. The summed E-state index contributed by atoms with van der Waals surface area (Å²) in [4.78, 5) is 10.5. The first-order valence-electron chi connectivity index (χ1n) is 5.67. The van der Waals surface area contributed by atoms with E-state index in [1.807, 2.05) is 19.1 Å². The second-order valence-electron chi connectivity index (χ2n) is 4.12. The summed E-state index contributed by atoms with van der Waals surface area (Å²) in [7, 11) is 0. The Kier molecular flexibility index (Phi) is 3.91. The van der Waals surface area contributed by atoms with Crippen LogP contribution in [-0.4, -0.2) is 4.92 Å². The lowest BCUT2D eigenvalue weighted by molar-refractivity contribution is -0.385. The molecule has 0 N–H and O–H groups in total. The van der Waals surface area contributed by atoms with Gasteiger partial charge in [0.2, 0.25) is 0 Å². The van der Waals surface area contributed by atoms with Crippen LogP contribution in [0.1, 0.15) is 11.1 Å². The number of nitro groups is 1. The highest BCUT2D eigenvalue weighted by molar-refractivity contribution is 7.80. The summed E-state index contributed by atoms with van der Waals surface area (Å²) in [5.41, 5.74) is 1.28. The largest absolute Gasteiger partial charge is 0.455 e. The average molecular weight is 286 g/mol. The van der Waals surface area contributed by atoms with Crippen molar-refractivity contribution in [1.29, 1.82) is 5.26 Å². The van der Waals surface area contributed by atoms with E-state index in [1.54, 1.807) is 12.1 Å². The first-order valence-corrected chi connectivity index (χ1v) is 6.12. The van der Waals surface area contributed by atoms with Crippen LogP contribution in [0.4, 0.5) is 5.69 Å². The van der Waals surface area contributed by atoms with Crippen molar-refractivity contribution >= 4 is 18.3 Å². The molecule has 0 aliphatic carbocycles. The molecule has 100 valence electrons. The number of ether oxygens (including phenoxy) is 1. The van der Waals surface area contributed by atoms with Gasteiger partial charge in [-0.15, -0.1) is 12.6 Å². The smallest absolute Gasteiger partial charge is 0.270 e. The van der Waals surface area contributed by atoms with Crippen molar-refractivity contribution in [3.8, 4) is 17.6 Å². The maximum atomic E-state index is 10.6. The average Bonchev–Trinajstić information content (AvgIpc) is 2.42. The van der Waals surface area contributed by atoms with Crippen LogP contribution >= 0.6 is 12.6 Å². The molecule has 0 aliphatic heterocycles. The molecule has 0 radical (unpaired) electrons. The molecule has 0 fully saturated rings. The van der Waals surface area contributed by atoms with Gasteiger partial charge in [0.15, 0.2) is 0 Å². The molecule has 0 saturated heterocycles. The van der Waals surface area contributed by atoms with Crippen LogP contribution in [0.5, 0.6) is 11.5 Å². The quantitative estimate of drug-likeness (QED) is 0.528. The molecule has 0 aromatic heterocycles. The highest BCUT2D eigenvalue weighted by Crippen LogP contribution is 2.32. The van der Waals surface area contributed by atoms with Crippen molar-refractivity contribution in [3.05, 3.63) is 57.6 Å². The number of nitriles is 1. The highest BCUT2D eigenvalue weighted by atomic mass is 32.1. The van der Waals surface area contributed by atoms with Crippen LogP contribution in [0, 0.1) is 28.4 Å². The SMILES string of the molecule is Cc1ccc(Oc2ccc([N+](=O)[O-])cc2S)c(C#N)c1. The zero-order valence-electron chi connectivity index (χ0n) is 10.5. The van der Waals surface area contributed by atoms with E-state index in [-0.39, 0.29) is 5.69 Å². The number of thiol groups is 1. The molecule has 2 aromatic carbocycles. The minimum atomic E-state index is -0.504. The van der Waals surface area contributed by atoms with Crippen LogP contribution in [0.15, 0.2) is 41.3 Å². The summed E-state index contributed by atoms with van der Waals surface area (Å²) in [5, 5.41) is 19.7. The Labute approximate surface area is 121 Å². The lowest BCUT2D eigenvalue weighted by atomic mass is 10.1. The number of nitrogens with zero attached hydrogens (tertiary/aromatic N) is 2. The van der Waals surface area contributed by atoms with E-state index in [0.717, 1.165) is 5.56 Å². The Bertz CT molecular complexity index is 723. The molecular weight excluding hydrogens is 276 g/mol. The predicted molar refractivity (Wildman–Crippen MR) is 76.3 cm³/mol. The number of non-ortho nitro benzene ring substituents is 1. The molecule has 0 bridgehead atoms. The lowest BCUT2D eigenvalue weighted by Gasteiger charge is -2.09. The van der Waals surface area contributed by atoms with Gasteiger partial charge >= 0.3 is 0 Å². The minimum Gasteiger partial charge on any atom is -0.455 e. The molecule has 0 saturated carbocycles. The molecule has 2 rings (SSSR count). The van der Waals surface area contributed by atoms with E-state index in [0.29, 0.717) is 22.0 Å². The number of rotatable bonds is 3. The van der Waals surface area contributed by atoms with E-state index in [2.05, 4.69) is 12.6 Å². The van der Waals surface area contributed by atoms with Gasteiger partial charge in [0.1, 0.15) is 17.6 Å². The maximum absolute atomic E-state index is 10.6. The van der Waals surface area contributed by atoms with Gasteiger partial charge in [0.25, 0.3) is 5.69 Å². The molecule has 0 atom stereocenters. The van der Waals surface area contributed by atoms with Gasteiger partial charge < -0.3 is 4.74 Å². The number of benzene rings is 2. The van der Waals surface area contributed by atoms with Crippen molar-refractivity contribution in [3.63, 3.8) is 0 Å². The van der Waals surface area contributed by atoms with Gasteiger partial charge in [-0.25, -0.2) is 0 Å². The van der Waals surface area contributed by atoms with Crippen LogP contribution in [0.3, 0.4) is 0 Å². The Morgan fingerprint density at radius 3 is 2.55 bits per heavy atom. The summed E-state index contributed by atoms with van der Waals surface area (Å²) >= 11 is 4.16. The number of hydrogen-bond acceptors (Lipinski definition) is 5. The predicted octanol–water partition coefficient (Wildman–Crippen LogP) is 3.86. The summed E-state index contributed by atoms with van der Waals surface area (Å²) in [6.45, 7) is 1.88. The molecule has 0 amide bonds. The lowest BCUT2D eigenvalue weighted by Crippen LogP contribution is -1.92. The summed E-state index contributed by atoms with van der Waals surface area (Å²) < 4.78 is 5.60. The Morgan fingerprint density at radius 1 is 1.25 bits per heavy atom. The van der Waals surface area contributed by atoms with Gasteiger partial charge in [-0.1, -0.05) is 6.07 Å². The third-order valence-electron chi connectivity index (χ3n) is 2.63. The van der Waals surface area contributed by atoms with E-state index in [1.165, 1.54) is 18.2 Å². The fourth-order valence-electron chi connectivity index (χ4n) is 1.64. The van der Waals surface area contributed by atoms with Gasteiger partial charge in [-0.3, -0.25) is 10.1 Å². The fraction of sp³-hybridized carbons (Fsp3) is 0.0714. The normalized spacial score (nSPS) is 9.85. The van der Waals surface area contributed by atoms with E-state index < -0.39 is 4.92 Å². The molecule has 0 aliphatic rings. The highest BCUT2D eigenvalue weighted by Gasteiger charge is 2.12. The van der Waals surface area contributed by atoms with Crippen LogP contribution in [0.2, 0.25) is 0 Å². The van der Waals surface area contributed by atoms with Crippen molar-refractivity contribution in [2.75, 3.05) is 0 Å². The van der Waals surface area contributed by atoms with Crippen molar-refractivity contribution in [2.24, 2.45) is 0 Å². The topological polar surface area (TPSA) is 76.2 Å². The summed E-state index contributed by atoms with van der Waals surface area (Å²) in [6.07, 6.45) is 0. The molecule has 6 heteroatoms. The number of hydrogen-bond donors (Lipinski definition) is 1. The van der Waals surface area contributed by atoms with Crippen LogP contribution in [-0.2, 0) is 0 Å². The Hall–Kier alpha value is -2.52. The standard InChI is InChI=1S/C14H10N2O3S/c1-9-2-4-12(10(6-9)8-15)19-13-5-3-11(16(17)18)7-14(13)20/h2-7,20H,1H3. The van der Waals surface area contributed by atoms with Crippen molar-refractivity contribution in [1.82, 2.24) is 0 Å². The van der Waals surface area contributed by atoms with Gasteiger partial charge in [-0.05, 0) is 30.7 Å². The fourth-order valence-corrected chi connectivity index (χ4v) is 1.90. The van der Waals surface area contributed by atoms with Gasteiger partial charge in [-0.2, -0.15) is 5.26 Å². The molecule has 20 heavy (non-hydrogen) atoms. The summed E-state index contributed by atoms with van der Waals surface area (Å²) in [6, 6.07) is 11.3. The van der Waals surface area contributed by atoms with E-state index >= 15 is 0 Å². The van der Waals surface area contributed by atoms with Crippen LogP contribution < -0.4 is 4.74 Å². The molecule has 0 unspecified atom stereocenters. The van der Waals surface area contributed by atoms with Gasteiger partial charge in [0.05, 0.1) is 15.4 Å². The Balaban J connectivity index is 2.36. The second-order valence-corrected chi connectivity index (χ2v) is 4.60. The zero-order chi connectivity index (χ0) is 14.7. The number of nitro benzene ring substituents is 1. The number of aryl methyl sites for hydroxylation is 1. The molecule has 5 nitrogen and oxygen atoms in total. The van der Waals surface area contributed by atoms with Crippen molar-refractivity contribution < 1.29 is 9.66 Å². The Morgan fingerprint density at radius 2 is 1.95 bits per heavy atom. The van der Waals surface area contributed by atoms with E-state index in [9.17, 15) is 10.1 Å². The maximum Gasteiger partial charge on any atom is 0.270 e. The van der Waals surface area contributed by atoms with Crippen molar-refractivity contribution in [2.45, 2.75) is 11.8 Å². The second kappa shape index (κ2) is 5.63. The zero-order valence-corrected chi connectivity index (χ0v) is 11.4. The first-order chi connectivity index (χ1) is 9.51.